The SMILES string of the molecule is O=C1/C(=C/c2ccccc2)C[C@@]2(O)[C@@H]3Cc4ccc(O)c5c4[C@@]2(CCN3CC2CC2)[C@H]1O5. The van der Waals surface area contributed by atoms with Crippen LogP contribution in [0.2, 0.25) is 0 Å². The number of hydrogen-bond donors (Lipinski definition) is 2. The van der Waals surface area contributed by atoms with Gasteiger partial charge >= 0.3 is 0 Å². The molecule has 2 aliphatic heterocycles. The number of phenolic OH excluding ortho intramolecular Hbond substituents is 1. The Labute approximate surface area is 187 Å². The van der Waals surface area contributed by atoms with Gasteiger partial charge in [0.25, 0.3) is 0 Å². The van der Waals surface area contributed by atoms with Crippen molar-refractivity contribution in [3.05, 3.63) is 64.7 Å². The van der Waals surface area contributed by atoms with E-state index in [4.69, 9.17) is 4.74 Å². The van der Waals surface area contributed by atoms with Crippen LogP contribution in [0.4, 0.5) is 0 Å². The quantitative estimate of drug-likeness (QED) is 0.734. The first-order chi connectivity index (χ1) is 15.5. The van der Waals surface area contributed by atoms with Gasteiger partial charge in [-0.25, -0.2) is 0 Å². The van der Waals surface area contributed by atoms with Crippen LogP contribution in [0.15, 0.2) is 48.0 Å². The fourth-order valence-electron chi connectivity index (χ4n) is 7.06. The van der Waals surface area contributed by atoms with E-state index in [9.17, 15) is 15.0 Å². The van der Waals surface area contributed by atoms with Gasteiger partial charge in [-0.2, -0.15) is 0 Å². The van der Waals surface area contributed by atoms with Crippen LogP contribution in [-0.2, 0) is 16.6 Å². The highest BCUT2D eigenvalue weighted by Gasteiger charge is 2.74. The lowest BCUT2D eigenvalue weighted by molar-refractivity contribution is -0.179. The van der Waals surface area contributed by atoms with E-state index in [1.54, 1.807) is 6.07 Å². The molecule has 1 spiro atoms. The molecule has 0 amide bonds. The van der Waals surface area contributed by atoms with Crippen LogP contribution in [0.5, 0.6) is 11.5 Å². The number of hydrogen-bond acceptors (Lipinski definition) is 5. The second-order valence-corrected chi connectivity index (χ2v) is 10.4. The van der Waals surface area contributed by atoms with Gasteiger partial charge in [-0.3, -0.25) is 9.69 Å². The van der Waals surface area contributed by atoms with Crippen molar-refractivity contribution < 1.29 is 19.7 Å². The maximum Gasteiger partial charge on any atom is 0.200 e. The third-order valence-corrected chi connectivity index (χ3v) is 8.67. The van der Waals surface area contributed by atoms with E-state index >= 15 is 0 Å². The summed E-state index contributed by atoms with van der Waals surface area (Å²) in [6.45, 7) is 1.86. The number of rotatable bonds is 3. The molecule has 0 radical (unpaired) electrons. The summed E-state index contributed by atoms with van der Waals surface area (Å²) in [6.07, 6.45) is 5.37. The summed E-state index contributed by atoms with van der Waals surface area (Å²) in [7, 11) is 0. The predicted octanol–water partition coefficient (Wildman–Crippen LogP) is 3.22. The monoisotopic (exact) mass is 429 g/mol. The Morgan fingerprint density at radius 2 is 1.97 bits per heavy atom. The molecular formula is C27H27NO4. The smallest absolute Gasteiger partial charge is 0.200 e. The first-order valence-electron chi connectivity index (χ1n) is 11.8. The number of carbonyl (C=O) groups excluding carboxylic acids is 1. The molecular weight excluding hydrogens is 402 g/mol. The van der Waals surface area contributed by atoms with Gasteiger partial charge in [0.1, 0.15) is 0 Å². The van der Waals surface area contributed by atoms with E-state index in [-0.39, 0.29) is 17.6 Å². The third kappa shape index (κ3) is 2.28. The molecule has 5 nitrogen and oxygen atoms in total. The van der Waals surface area contributed by atoms with Crippen LogP contribution in [0.1, 0.15) is 42.4 Å². The molecule has 1 saturated heterocycles. The van der Waals surface area contributed by atoms with Gasteiger partial charge in [-0.05, 0) is 61.4 Å². The molecule has 2 bridgehead atoms. The lowest BCUT2D eigenvalue weighted by Crippen LogP contribution is -2.77. The Kier molecular flexibility index (Phi) is 3.68. The molecule has 5 aliphatic rings. The minimum Gasteiger partial charge on any atom is -0.504 e. The largest absolute Gasteiger partial charge is 0.504 e. The van der Waals surface area contributed by atoms with Gasteiger partial charge in [0.15, 0.2) is 23.4 Å². The first-order valence-corrected chi connectivity index (χ1v) is 11.8. The number of aliphatic hydroxyl groups is 1. The summed E-state index contributed by atoms with van der Waals surface area (Å²) in [6, 6.07) is 13.4. The number of Topliss-reactive ketones (excluding diaryl/α,β-unsaturated/α-hetero) is 1. The average Bonchev–Trinajstić information content (AvgIpc) is 3.52. The summed E-state index contributed by atoms with van der Waals surface area (Å²) in [5, 5.41) is 23.2. The van der Waals surface area contributed by atoms with Crippen molar-refractivity contribution in [1.82, 2.24) is 4.90 Å². The topological polar surface area (TPSA) is 70.0 Å². The van der Waals surface area contributed by atoms with Gasteiger partial charge in [0, 0.05) is 30.1 Å². The molecule has 3 aliphatic carbocycles. The zero-order valence-corrected chi connectivity index (χ0v) is 18.0. The Morgan fingerprint density at radius 1 is 1.16 bits per heavy atom. The average molecular weight is 430 g/mol. The molecule has 2 aromatic rings. The van der Waals surface area contributed by atoms with Gasteiger partial charge in [0.05, 0.1) is 11.0 Å². The standard InChI is InChI=1S/C27H27NO4/c29-20-9-8-18-13-21-27(31)14-19(12-16-4-2-1-3-5-16)23(30)25-26(27,22(18)24(20)32-25)10-11-28(21)15-17-6-7-17/h1-5,8-9,12,17,21,25,29,31H,6-7,10-11,13-15H2/b19-12+/t21-,25-,26-,27+/m0/s1. The van der Waals surface area contributed by atoms with Crippen molar-refractivity contribution >= 4 is 11.9 Å². The van der Waals surface area contributed by atoms with Gasteiger partial charge in [-0.15, -0.1) is 0 Å². The Balaban J connectivity index is 1.42. The fourth-order valence-corrected chi connectivity index (χ4v) is 7.06. The maximum absolute atomic E-state index is 13.8. The van der Waals surface area contributed by atoms with Crippen LogP contribution in [0.3, 0.4) is 0 Å². The Morgan fingerprint density at radius 3 is 2.75 bits per heavy atom. The molecule has 164 valence electrons. The van der Waals surface area contributed by atoms with Crippen molar-refractivity contribution in [2.45, 2.75) is 55.3 Å². The molecule has 2 N–H and O–H groups in total. The number of piperidine rings is 1. The summed E-state index contributed by atoms with van der Waals surface area (Å²) >= 11 is 0. The molecule has 2 saturated carbocycles. The van der Waals surface area contributed by atoms with Crippen LogP contribution in [-0.4, -0.2) is 51.7 Å². The van der Waals surface area contributed by atoms with Crippen LogP contribution in [0.25, 0.3) is 6.08 Å². The summed E-state index contributed by atoms with van der Waals surface area (Å²) < 4.78 is 6.26. The highest BCUT2D eigenvalue weighted by molar-refractivity contribution is 6.06. The van der Waals surface area contributed by atoms with Crippen molar-refractivity contribution in [3.8, 4) is 11.5 Å². The van der Waals surface area contributed by atoms with E-state index in [2.05, 4.69) is 4.90 Å². The van der Waals surface area contributed by atoms with Crippen molar-refractivity contribution in [1.29, 1.82) is 0 Å². The Hall–Kier alpha value is -2.63. The van der Waals surface area contributed by atoms with Crippen molar-refractivity contribution in [3.63, 3.8) is 0 Å². The number of nitrogens with zero attached hydrogens (tertiary/aromatic N) is 1. The molecule has 3 fully saturated rings. The van der Waals surface area contributed by atoms with E-state index < -0.39 is 17.1 Å². The Bertz CT molecular complexity index is 1170. The second-order valence-electron chi connectivity index (χ2n) is 10.4. The zero-order chi connectivity index (χ0) is 21.7. The van der Waals surface area contributed by atoms with Crippen LogP contribution in [0, 0.1) is 5.92 Å². The van der Waals surface area contributed by atoms with E-state index in [0.717, 1.165) is 42.1 Å². The van der Waals surface area contributed by atoms with E-state index in [1.807, 2.05) is 42.5 Å². The molecule has 0 aromatic heterocycles. The number of aromatic hydroxyl groups is 1. The summed E-state index contributed by atoms with van der Waals surface area (Å²) in [4.78, 5) is 16.3. The second kappa shape index (κ2) is 6.24. The molecule has 32 heavy (non-hydrogen) atoms. The number of ketones is 1. The highest BCUT2D eigenvalue weighted by atomic mass is 16.5. The maximum atomic E-state index is 13.8. The summed E-state index contributed by atoms with van der Waals surface area (Å²) in [5.74, 6) is 1.14. The van der Waals surface area contributed by atoms with Crippen LogP contribution >= 0.6 is 0 Å². The highest BCUT2D eigenvalue weighted by Crippen LogP contribution is 2.65. The zero-order valence-electron chi connectivity index (χ0n) is 18.0. The third-order valence-electron chi connectivity index (χ3n) is 8.67. The number of ether oxygens (including phenoxy) is 1. The fraction of sp³-hybridized carbons (Fsp3) is 0.444. The lowest BCUT2D eigenvalue weighted by atomic mass is 9.48. The number of likely N-dealkylation sites (tertiary alicyclic amines) is 1. The van der Waals surface area contributed by atoms with Crippen LogP contribution < -0.4 is 4.74 Å². The summed E-state index contributed by atoms with van der Waals surface area (Å²) in [5.41, 5.74) is 1.67. The van der Waals surface area contributed by atoms with E-state index in [1.165, 1.54) is 12.8 Å². The minimum atomic E-state index is -1.11. The molecule has 0 unspecified atom stereocenters. The number of phenols is 1. The normalized spacial score (nSPS) is 36.2. The van der Waals surface area contributed by atoms with Crippen molar-refractivity contribution in [2.24, 2.45) is 5.92 Å². The predicted molar refractivity (Wildman–Crippen MR) is 120 cm³/mol. The minimum absolute atomic E-state index is 0.0572. The van der Waals surface area contributed by atoms with Crippen molar-refractivity contribution in [2.75, 3.05) is 13.1 Å². The number of carbonyl (C=O) groups is 1. The van der Waals surface area contributed by atoms with Gasteiger partial charge in [0.2, 0.25) is 0 Å². The molecule has 7 rings (SSSR count). The molecule has 5 heteroatoms. The lowest BCUT2D eigenvalue weighted by Gasteiger charge is -2.62. The molecule has 2 aromatic carbocycles. The van der Waals surface area contributed by atoms with E-state index in [0.29, 0.717) is 24.2 Å². The van der Waals surface area contributed by atoms with Gasteiger partial charge < -0.3 is 14.9 Å². The first kappa shape index (κ1) is 18.9. The number of benzene rings is 2. The van der Waals surface area contributed by atoms with Gasteiger partial charge in [-0.1, -0.05) is 36.4 Å². The molecule has 4 atom stereocenters. The molecule has 2 heterocycles.